The van der Waals surface area contributed by atoms with E-state index in [1.54, 1.807) is 35.8 Å². The maximum absolute atomic E-state index is 11.6. The highest BCUT2D eigenvalue weighted by molar-refractivity contribution is 7.89. The lowest BCUT2D eigenvalue weighted by Crippen LogP contribution is -2.10. The number of nitrogens with two attached hydrogens (primary N) is 1. The summed E-state index contributed by atoms with van der Waals surface area (Å²) in [5.41, 5.74) is 7.51. The Labute approximate surface area is 153 Å². The number of hydrogen-bond acceptors (Lipinski definition) is 9. The van der Waals surface area contributed by atoms with E-state index < -0.39 is 10.0 Å². The second-order valence-electron chi connectivity index (χ2n) is 5.79. The molecule has 12 heteroatoms. The Morgan fingerprint density at radius 3 is 2.70 bits per heavy atom. The van der Waals surface area contributed by atoms with Crippen molar-refractivity contribution in [3.05, 3.63) is 42.5 Å². The summed E-state index contributed by atoms with van der Waals surface area (Å²) in [5.74, 6) is 1.53. The van der Waals surface area contributed by atoms with Crippen LogP contribution in [0.4, 0.5) is 17.5 Å². The van der Waals surface area contributed by atoms with Gasteiger partial charge in [-0.15, -0.1) is 5.10 Å². The first kappa shape index (κ1) is 16.9. The Bertz CT molecular complexity index is 1240. The molecule has 0 bridgehead atoms. The summed E-state index contributed by atoms with van der Waals surface area (Å²) in [4.78, 5) is 13.0. The molecule has 0 aliphatic heterocycles. The van der Waals surface area contributed by atoms with Crippen molar-refractivity contribution in [3.8, 4) is 11.4 Å². The van der Waals surface area contributed by atoms with Crippen LogP contribution in [0.25, 0.3) is 17.0 Å². The number of nitrogen functional groups attached to an aromatic ring is 1. The lowest BCUT2D eigenvalue weighted by atomic mass is 10.3. The molecule has 0 fully saturated rings. The van der Waals surface area contributed by atoms with Crippen LogP contribution in [-0.4, -0.2) is 48.4 Å². The van der Waals surface area contributed by atoms with Crippen LogP contribution >= 0.6 is 0 Å². The molecule has 0 saturated heterocycles. The molecule has 27 heavy (non-hydrogen) atoms. The van der Waals surface area contributed by atoms with Crippen molar-refractivity contribution in [2.75, 3.05) is 17.3 Å². The fourth-order valence-electron chi connectivity index (χ4n) is 2.60. The zero-order valence-corrected chi connectivity index (χ0v) is 15.2. The quantitative estimate of drug-likeness (QED) is 0.521. The molecule has 0 amide bonds. The maximum atomic E-state index is 11.6. The van der Waals surface area contributed by atoms with Gasteiger partial charge in [-0.1, -0.05) is 0 Å². The fourth-order valence-corrected chi connectivity index (χ4v) is 3.12. The molecule has 0 atom stereocenters. The predicted octanol–water partition coefficient (Wildman–Crippen LogP) is 0.825. The van der Waals surface area contributed by atoms with Gasteiger partial charge in [-0.25, -0.2) is 27.9 Å². The molecule has 4 rings (SSSR count). The average Bonchev–Trinajstić information content (AvgIpc) is 3.18. The van der Waals surface area contributed by atoms with E-state index in [-0.39, 0.29) is 0 Å². The second kappa shape index (κ2) is 6.02. The minimum Gasteiger partial charge on any atom is -0.384 e. The minimum atomic E-state index is -3.48. The van der Waals surface area contributed by atoms with Gasteiger partial charge >= 0.3 is 0 Å². The molecule has 0 aliphatic rings. The summed E-state index contributed by atoms with van der Waals surface area (Å²) in [6.07, 6.45) is 4.03. The van der Waals surface area contributed by atoms with Crippen LogP contribution in [0.5, 0.6) is 0 Å². The topological polar surface area (TPSA) is 146 Å². The van der Waals surface area contributed by atoms with Crippen LogP contribution < -0.4 is 11.1 Å². The van der Waals surface area contributed by atoms with E-state index in [0.717, 1.165) is 10.3 Å². The number of imidazole rings is 1. The summed E-state index contributed by atoms with van der Waals surface area (Å²) < 4.78 is 25.7. The second-order valence-corrected chi connectivity index (χ2v) is 7.63. The van der Waals surface area contributed by atoms with Crippen LogP contribution in [0.2, 0.25) is 0 Å². The van der Waals surface area contributed by atoms with E-state index in [0.29, 0.717) is 40.3 Å². The summed E-state index contributed by atoms with van der Waals surface area (Å²) in [5, 5.41) is 11.3. The lowest BCUT2D eigenvalue weighted by molar-refractivity contribution is 0.586. The van der Waals surface area contributed by atoms with E-state index in [2.05, 4.69) is 30.5 Å². The minimum absolute atomic E-state index is 0.309. The average molecular weight is 385 g/mol. The van der Waals surface area contributed by atoms with Gasteiger partial charge in [-0.05, 0) is 19.1 Å². The molecular weight excluding hydrogens is 370 g/mol. The van der Waals surface area contributed by atoms with Gasteiger partial charge in [0.2, 0.25) is 0 Å². The largest absolute Gasteiger partial charge is 0.384 e. The highest BCUT2D eigenvalue weighted by Gasteiger charge is 2.19. The number of anilines is 3. The third kappa shape index (κ3) is 3.17. The monoisotopic (exact) mass is 385 g/mol. The van der Waals surface area contributed by atoms with Crippen LogP contribution in [0.15, 0.2) is 36.7 Å². The van der Waals surface area contributed by atoms with Gasteiger partial charge in [0.1, 0.15) is 17.3 Å². The van der Waals surface area contributed by atoms with E-state index in [9.17, 15) is 8.42 Å². The van der Waals surface area contributed by atoms with Crippen LogP contribution in [-0.2, 0) is 10.0 Å². The Morgan fingerprint density at radius 2 is 2.00 bits per heavy atom. The van der Waals surface area contributed by atoms with Crippen molar-refractivity contribution >= 4 is 33.1 Å². The van der Waals surface area contributed by atoms with Gasteiger partial charge in [0.05, 0.1) is 11.9 Å². The summed E-state index contributed by atoms with van der Waals surface area (Å²) in [7, 11) is -3.48. The first-order valence-corrected chi connectivity index (χ1v) is 9.64. The molecule has 0 aromatic carbocycles. The number of aromatic nitrogens is 7. The standard InChI is InChI=1S/C15H15N9O2S/c1-9-18-10(8-11(16)19-9)14-15(21-13-4-3-6-17-24(13)14)20-12-5-7-23(22-12)27(2,25)26/h3-8H,1-2H3,(H,20,22)(H2,16,18,19). The molecule has 4 aromatic rings. The van der Waals surface area contributed by atoms with Crippen LogP contribution in [0.1, 0.15) is 5.82 Å². The molecule has 0 saturated carbocycles. The Balaban J connectivity index is 1.87. The number of hydrogen-bond donors (Lipinski definition) is 2. The number of fused-ring (bicyclic) bond motifs is 1. The summed E-state index contributed by atoms with van der Waals surface area (Å²) in [6, 6.07) is 6.69. The molecule has 138 valence electrons. The molecule has 3 N–H and O–H groups in total. The SMILES string of the molecule is Cc1nc(N)cc(-c2c(Nc3ccn(S(C)(=O)=O)n3)nc3cccnn23)n1. The van der Waals surface area contributed by atoms with Gasteiger partial charge in [0.15, 0.2) is 17.3 Å². The Kier molecular flexibility index (Phi) is 3.77. The van der Waals surface area contributed by atoms with Crippen molar-refractivity contribution in [3.63, 3.8) is 0 Å². The lowest BCUT2D eigenvalue weighted by Gasteiger charge is -2.06. The van der Waals surface area contributed by atoms with Crippen molar-refractivity contribution in [2.24, 2.45) is 0 Å². The van der Waals surface area contributed by atoms with Gasteiger partial charge in [0.25, 0.3) is 10.0 Å². The smallest absolute Gasteiger partial charge is 0.250 e. The molecular formula is C15H15N9O2S. The summed E-state index contributed by atoms with van der Waals surface area (Å²) >= 11 is 0. The molecule has 11 nitrogen and oxygen atoms in total. The van der Waals surface area contributed by atoms with Crippen molar-refractivity contribution in [1.82, 2.24) is 33.8 Å². The number of nitrogens with one attached hydrogen (secondary N) is 1. The number of nitrogens with zero attached hydrogens (tertiary/aromatic N) is 7. The molecule has 4 aromatic heterocycles. The zero-order chi connectivity index (χ0) is 19.2. The Morgan fingerprint density at radius 1 is 1.19 bits per heavy atom. The van der Waals surface area contributed by atoms with E-state index in [1.165, 1.54) is 12.3 Å². The third-order valence-corrected chi connectivity index (χ3v) is 4.53. The predicted molar refractivity (Wildman–Crippen MR) is 98.9 cm³/mol. The van der Waals surface area contributed by atoms with Crippen molar-refractivity contribution in [2.45, 2.75) is 6.92 Å². The summed E-state index contributed by atoms with van der Waals surface area (Å²) in [6.45, 7) is 1.73. The molecule has 0 radical (unpaired) electrons. The third-order valence-electron chi connectivity index (χ3n) is 3.65. The number of aryl methyl sites for hydroxylation is 1. The molecule has 0 unspecified atom stereocenters. The normalized spacial score (nSPS) is 11.8. The highest BCUT2D eigenvalue weighted by Crippen LogP contribution is 2.29. The molecule has 0 aliphatic carbocycles. The fraction of sp³-hybridized carbons (Fsp3) is 0.133. The number of rotatable bonds is 4. The first-order valence-electron chi connectivity index (χ1n) is 7.80. The van der Waals surface area contributed by atoms with Gasteiger partial charge in [-0.2, -0.15) is 9.19 Å². The van der Waals surface area contributed by atoms with E-state index in [1.807, 2.05) is 0 Å². The van der Waals surface area contributed by atoms with Gasteiger partial charge in [-0.3, -0.25) is 0 Å². The van der Waals surface area contributed by atoms with Crippen LogP contribution in [0.3, 0.4) is 0 Å². The Hall–Kier alpha value is -3.54. The van der Waals surface area contributed by atoms with Crippen LogP contribution in [0, 0.1) is 6.92 Å². The van der Waals surface area contributed by atoms with E-state index in [4.69, 9.17) is 5.73 Å². The molecule has 4 heterocycles. The first-order chi connectivity index (χ1) is 12.8. The molecule has 0 spiro atoms. The zero-order valence-electron chi connectivity index (χ0n) is 14.4. The van der Waals surface area contributed by atoms with Crippen molar-refractivity contribution in [1.29, 1.82) is 0 Å². The van der Waals surface area contributed by atoms with Crippen molar-refractivity contribution < 1.29 is 8.42 Å². The van der Waals surface area contributed by atoms with E-state index >= 15 is 0 Å². The van der Waals surface area contributed by atoms with Gasteiger partial charge in [0, 0.05) is 24.5 Å². The maximum Gasteiger partial charge on any atom is 0.250 e. The van der Waals surface area contributed by atoms with Gasteiger partial charge < -0.3 is 11.1 Å². The highest BCUT2D eigenvalue weighted by atomic mass is 32.2.